The van der Waals surface area contributed by atoms with Gasteiger partial charge in [0.1, 0.15) is 11.6 Å². The molecule has 0 saturated heterocycles. The maximum absolute atomic E-state index is 13.7. The second kappa shape index (κ2) is 6.83. The number of hydrogen-bond donors (Lipinski definition) is 2. The van der Waals surface area contributed by atoms with Crippen molar-refractivity contribution in [2.45, 2.75) is 32.2 Å². The number of nitrogens with one attached hydrogen (secondary N) is 1. The summed E-state index contributed by atoms with van der Waals surface area (Å²) in [4.78, 5) is 0.901. The first-order valence-electron chi connectivity index (χ1n) is 6.36. The van der Waals surface area contributed by atoms with Gasteiger partial charge in [0.05, 0.1) is 16.6 Å². The molecule has 0 bridgehead atoms. The van der Waals surface area contributed by atoms with Crippen LogP contribution in [0.3, 0.4) is 0 Å². The van der Waals surface area contributed by atoms with Crippen molar-refractivity contribution in [2.24, 2.45) is 5.84 Å². The monoisotopic (exact) mass is 298 g/mol. The third-order valence-corrected chi connectivity index (χ3v) is 3.91. The largest absolute Gasteiger partial charge is 0.271 e. The van der Waals surface area contributed by atoms with Crippen LogP contribution in [0.5, 0.6) is 0 Å². The van der Waals surface area contributed by atoms with E-state index in [0.29, 0.717) is 12.0 Å². The molecule has 0 aliphatic heterocycles. The summed E-state index contributed by atoms with van der Waals surface area (Å²) in [6.07, 6.45) is 2.07. The van der Waals surface area contributed by atoms with Gasteiger partial charge in [-0.1, -0.05) is 23.9 Å². The van der Waals surface area contributed by atoms with E-state index in [9.17, 15) is 8.78 Å². The molecule has 1 heterocycles. The van der Waals surface area contributed by atoms with Gasteiger partial charge in [-0.3, -0.25) is 11.3 Å². The Balaban J connectivity index is 2.22. The molecule has 2 aromatic rings. The minimum absolute atomic E-state index is 0.281. The Labute approximate surface area is 120 Å². The number of nitrogens with zero attached hydrogens (tertiary/aromatic N) is 2. The Morgan fingerprint density at radius 1 is 1.40 bits per heavy atom. The Hall–Kier alpha value is -1.44. The lowest BCUT2D eigenvalue weighted by molar-refractivity contribution is 0.523. The Morgan fingerprint density at radius 3 is 2.85 bits per heavy atom. The van der Waals surface area contributed by atoms with Crippen molar-refractivity contribution in [3.63, 3.8) is 0 Å². The van der Waals surface area contributed by atoms with Gasteiger partial charge in [0, 0.05) is 6.07 Å². The molecule has 2 rings (SSSR count). The summed E-state index contributed by atoms with van der Waals surface area (Å²) in [5.41, 5.74) is 3.95. The number of hydrazine groups is 1. The molecular formula is C13H16F2N4S. The van der Waals surface area contributed by atoms with E-state index in [2.05, 4.69) is 15.0 Å². The molecule has 7 heteroatoms. The van der Waals surface area contributed by atoms with Crippen molar-refractivity contribution in [1.29, 1.82) is 0 Å². The van der Waals surface area contributed by atoms with E-state index in [4.69, 9.17) is 5.84 Å². The minimum Gasteiger partial charge on any atom is -0.271 e. The van der Waals surface area contributed by atoms with Gasteiger partial charge in [-0.15, -0.1) is 5.10 Å². The second-order valence-corrected chi connectivity index (χ2v) is 5.28. The second-order valence-electron chi connectivity index (χ2n) is 4.49. The Morgan fingerprint density at radius 2 is 2.20 bits per heavy atom. The molecule has 0 saturated carbocycles. The summed E-state index contributed by atoms with van der Waals surface area (Å²) in [6, 6.07) is 3.27. The van der Waals surface area contributed by atoms with Crippen LogP contribution in [-0.4, -0.2) is 9.59 Å². The van der Waals surface area contributed by atoms with Crippen molar-refractivity contribution in [1.82, 2.24) is 15.0 Å². The highest BCUT2D eigenvalue weighted by Gasteiger charge is 2.19. The zero-order valence-corrected chi connectivity index (χ0v) is 11.9. The molecule has 20 heavy (non-hydrogen) atoms. The Kier molecular flexibility index (Phi) is 5.11. The van der Waals surface area contributed by atoms with Gasteiger partial charge < -0.3 is 0 Å². The highest BCUT2D eigenvalue weighted by molar-refractivity contribution is 7.05. The molecule has 1 atom stereocenters. The molecular weight excluding hydrogens is 282 g/mol. The molecule has 3 N–H and O–H groups in total. The van der Waals surface area contributed by atoms with Gasteiger partial charge in [-0.2, -0.15) is 0 Å². The van der Waals surface area contributed by atoms with E-state index in [1.54, 1.807) is 0 Å². The Bertz CT molecular complexity index is 573. The van der Waals surface area contributed by atoms with Crippen LogP contribution in [0.4, 0.5) is 8.78 Å². The zero-order chi connectivity index (χ0) is 14.5. The van der Waals surface area contributed by atoms with E-state index in [1.807, 2.05) is 6.92 Å². The molecule has 0 amide bonds. The summed E-state index contributed by atoms with van der Waals surface area (Å²) >= 11 is 1.25. The molecule has 4 nitrogen and oxygen atoms in total. The maximum Gasteiger partial charge on any atom is 0.129 e. The van der Waals surface area contributed by atoms with E-state index in [0.717, 1.165) is 29.5 Å². The van der Waals surface area contributed by atoms with E-state index in [1.165, 1.54) is 23.7 Å². The molecule has 0 fully saturated rings. The number of benzene rings is 1. The normalized spacial score (nSPS) is 12.6. The van der Waals surface area contributed by atoms with Crippen molar-refractivity contribution < 1.29 is 8.78 Å². The lowest BCUT2D eigenvalue weighted by atomic mass is 10.0. The number of nitrogens with two attached hydrogens (primary N) is 1. The minimum atomic E-state index is -0.588. The van der Waals surface area contributed by atoms with Crippen LogP contribution in [-0.2, 0) is 12.8 Å². The van der Waals surface area contributed by atoms with Gasteiger partial charge in [0.25, 0.3) is 0 Å². The fourth-order valence-electron chi connectivity index (χ4n) is 2.02. The van der Waals surface area contributed by atoms with Crippen LogP contribution in [0, 0.1) is 11.6 Å². The molecule has 0 spiro atoms. The maximum atomic E-state index is 13.7. The standard InChI is InChI=1S/C13H16F2N4S/c1-2-3-11-13(20-19-18-11)12(17-16)6-8-4-5-9(14)7-10(8)15/h4-5,7,12,17H,2-3,6,16H2,1H3. The smallest absolute Gasteiger partial charge is 0.129 e. The lowest BCUT2D eigenvalue weighted by Crippen LogP contribution is -2.30. The SMILES string of the molecule is CCCc1nnsc1C(Cc1ccc(F)cc1F)NN. The van der Waals surface area contributed by atoms with Gasteiger partial charge >= 0.3 is 0 Å². The fourth-order valence-corrected chi connectivity index (χ4v) is 2.78. The summed E-state index contributed by atoms with van der Waals surface area (Å²) in [7, 11) is 0. The summed E-state index contributed by atoms with van der Waals surface area (Å²) in [5, 5.41) is 4.07. The number of hydrogen-bond acceptors (Lipinski definition) is 5. The van der Waals surface area contributed by atoms with Gasteiger partial charge in [-0.05, 0) is 36.0 Å². The van der Waals surface area contributed by atoms with E-state index < -0.39 is 11.6 Å². The molecule has 0 aliphatic rings. The average Bonchev–Trinajstić information content (AvgIpc) is 2.87. The number of rotatable bonds is 6. The fraction of sp³-hybridized carbons (Fsp3) is 0.385. The van der Waals surface area contributed by atoms with Gasteiger partial charge in [-0.25, -0.2) is 8.78 Å². The first-order chi connectivity index (χ1) is 9.65. The molecule has 1 unspecified atom stereocenters. The van der Waals surface area contributed by atoms with Crippen LogP contribution in [0.1, 0.15) is 35.5 Å². The first-order valence-corrected chi connectivity index (χ1v) is 7.14. The number of aryl methyl sites for hydroxylation is 1. The lowest BCUT2D eigenvalue weighted by Gasteiger charge is -2.15. The van der Waals surface area contributed by atoms with E-state index in [-0.39, 0.29) is 6.04 Å². The molecule has 108 valence electrons. The topological polar surface area (TPSA) is 63.8 Å². The van der Waals surface area contributed by atoms with Gasteiger partial charge in [0.15, 0.2) is 0 Å². The zero-order valence-electron chi connectivity index (χ0n) is 11.1. The van der Waals surface area contributed by atoms with Crippen molar-refractivity contribution in [2.75, 3.05) is 0 Å². The third kappa shape index (κ3) is 3.36. The summed E-state index contributed by atoms with van der Waals surface area (Å²) < 4.78 is 30.5. The highest BCUT2D eigenvalue weighted by atomic mass is 32.1. The predicted molar refractivity (Wildman–Crippen MR) is 74.0 cm³/mol. The van der Waals surface area contributed by atoms with Crippen LogP contribution < -0.4 is 11.3 Å². The van der Waals surface area contributed by atoms with Crippen LogP contribution in [0.2, 0.25) is 0 Å². The quantitative estimate of drug-likeness (QED) is 0.635. The predicted octanol–water partition coefficient (Wildman–Crippen LogP) is 2.52. The molecule has 0 aliphatic carbocycles. The first kappa shape index (κ1) is 15.0. The van der Waals surface area contributed by atoms with Crippen molar-refractivity contribution >= 4 is 11.5 Å². The van der Waals surface area contributed by atoms with Crippen LogP contribution >= 0.6 is 11.5 Å². The average molecular weight is 298 g/mol. The summed E-state index contributed by atoms with van der Waals surface area (Å²) in [5.74, 6) is 4.40. The van der Waals surface area contributed by atoms with Crippen LogP contribution in [0.25, 0.3) is 0 Å². The van der Waals surface area contributed by atoms with Crippen molar-refractivity contribution in [3.05, 3.63) is 46.0 Å². The van der Waals surface area contributed by atoms with Crippen LogP contribution in [0.15, 0.2) is 18.2 Å². The summed E-state index contributed by atoms with van der Waals surface area (Å²) in [6.45, 7) is 2.05. The molecule has 1 aromatic heterocycles. The molecule has 1 aromatic carbocycles. The van der Waals surface area contributed by atoms with Crippen molar-refractivity contribution in [3.8, 4) is 0 Å². The highest BCUT2D eigenvalue weighted by Crippen LogP contribution is 2.25. The molecule has 0 radical (unpaired) electrons. The third-order valence-electron chi connectivity index (χ3n) is 3.03. The number of halogens is 2. The van der Waals surface area contributed by atoms with Gasteiger partial charge in [0.2, 0.25) is 0 Å². The number of aromatic nitrogens is 2. The van der Waals surface area contributed by atoms with E-state index >= 15 is 0 Å².